The van der Waals surface area contributed by atoms with Gasteiger partial charge in [-0.15, -0.1) is 0 Å². The van der Waals surface area contributed by atoms with Crippen molar-refractivity contribution in [3.63, 3.8) is 0 Å². The Morgan fingerprint density at radius 3 is 2.65 bits per heavy atom. The second-order valence-corrected chi connectivity index (χ2v) is 11.0. The minimum absolute atomic E-state index is 0.246. The highest BCUT2D eigenvalue weighted by Gasteiger charge is 2.40. The highest BCUT2D eigenvalue weighted by atomic mass is 28.4. The van der Waals surface area contributed by atoms with Crippen molar-refractivity contribution in [1.82, 2.24) is 5.32 Å². The lowest BCUT2D eigenvalue weighted by atomic mass is 10.2. The van der Waals surface area contributed by atoms with Gasteiger partial charge in [-0.3, -0.25) is 0 Å². The molecule has 2 atom stereocenters. The third-order valence-electron chi connectivity index (χ3n) is 3.81. The monoisotopic (exact) mass is 256 g/mol. The van der Waals surface area contributed by atoms with Crippen molar-refractivity contribution < 1.29 is 4.43 Å². The van der Waals surface area contributed by atoms with Crippen LogP contribution in [0.2, 0.25) is 18.1 Å². The van der Waals surface area contributed by atoms with Gasteiger partial charge in [-0.1, -0.05) is 25.9 Å². The fraction of sp³-hybridized carbons (Fsp3) is 1.00. The van der Waals surface area contributed by atoms with Gasteiger partial charge in [-0.05, 0) is 30.1 Å². The van der Waals surface area contributed by atoms with Crippen molar-refractivity contribution in [3.8, 4) is 0 Å². The third kappa shape index (κ3) is 3.99. The van der Waals surface area contributed by atoms with Crippen LogP contribution in [0.15, 0.2) is 5.11 Å². The van der Waals surface area contributed by atoms with Gasteiger partial charge in [-0.25, -0.2) is 0 Å². The van der Waals surface area contributed by atoms with E-state index in [2.05, 4.69) is 49.2 Å². The number of hydrogen-bond donors (Lipinski definition) is 1. The molecular formula is C11H24N4OSi. The molecule has 5 nitrogen and oxygen atoms in total. The predicted octanol–water partition coefficient (Wildman–Crippen LogP) is 3.05. The van der Waals surface area contributed by atoms with Gasteiger partial charge >= 0.3 is 0 Å². The molecule has 0 aromatic carbocycles. The van der Waals surface area contributed by atoms with Crippen molar-refractivity contribution >= 4 is 8.32 Å². The molecule has 6 heteroatoms. The van der Waals surface area contributed by atoms with Gasteiger partial charge in [-0.2, -0.15) is 0 Å². The highest BCUT2D eigenvalue weighted by Crippen LogP contribution is 2.38. The van der Waals surface area contributed by atoms with Crippen LogP contribution < -0.4 is 5.32 Å². The van der Waals surface area contributed by atoms with E-state index in [1.165, 1.54) is 0 Å². The average molecular weight is 256 g/mol. The van der Waals surface area contributed by atoms with Gasteiger partial charge in [0, 0.05) is 24.0 Å². The Kier molecular flexibility index (Phi) is 4.60. The Labute approximate surface area is 105 Å². The minimum Gasteiger partial charge on any atom is -0.413 e. The van der Waals surface area contributed by atoms with Crippen molar-refractivity contribution in [1.29, 1.82) is 0 Å². The molecule has 0 spiro atoms. The van der Waals surface area contributed by atoms with E-state index in [0.717, 1.165) is 13.0 Å². The quantitative estimate of drug-likeness (QED) is 0.363. The Morgan fingerprint density at radius 1 is 1.47 bits per heavy atom. The number of nitrogens with one attached hydrogen (secondary N) is 1. The normalized spacial score (nSPS) is 25.7. The van der Waals surface area contributed by atoms with Crippen molar-refractivity contribution in [2.24, 2.45) is 5.11 Å². The maximum absolute atomic E-state index is 8.29. The molecule has 0 radical (unpaired) electrons. The summed E-state index contributed by atoms with van der Waals surface area (Å²) in [6.07, 6.45) is 1.22. The molecular weight excluding hydrogens is 232 g/mol. The zero-order valence-electron chi connectivity index (χ0n) is 11.5. The van der Waals surface area contributed by atoms with Crippen LogP contribution in [0.3, 0.4) is 0 Å². The fourth-order valence-corrected chi connectivity index (χ4v) is 3.11. The third-order valence-corrected chi connectivity index (χ3v) is 8.35. The van der Waals surface area contributed by atoms with Crippen LogP contribution in [-0.2, 0) is 4.43 Å². The van der Waals surface area contributed by atoms with Crippen LogP contribution in [0.4, 0.5) is 0 Å². The molecule has 1 fully saturated rings. The molecule has 98 valence electrons. The molecule has 0 unspecified atom stereocenters. The van der Waals surface area contributed by atoms with E-state index in [1.807, 2.05) is 0 Å². The summed E-state index contributed by atoms with van der Waals surface area (Å²) in [5.41, 5.74) is 8.29. The zero-order valence-corrected chi connectivity index (χ0v) is 12.5. The minimum atomic E-state index is -1.67. The lowest BCUT2D eigenvalue weighted by Gasteiger charge is -2.38. The van der Waals surface area contributed by atoms with E-state index in [1.54, 1.807) is 0 Å². The van der Waals surface area contributed by atoms with E-state index in [0.29, 0.717) is 6.54 Å². The van der Waals surface area contributed by atoms with E-state index < -0.39 is 8.32 Å². The van der Waals surface area contributed by atoms with Gasteiger partial charge in [0.2, 0.25) is 0 Å². The van der Waals surface area contributed by atoms with Crippen molar-refractivity contribution in [2.45, 2.75) is 57.5 Å². The average Bonchev–Trinajstić information content (AvgIpc) is 2.60. The van der Waals surface area contributed by atoms with Crippen LogP contribution in [0, 0.1) is 0 Å². The first-order valence-electron chi connectivity index (χ1n) is 6.18. The van der Waals surface area contributed by atoms with E-state index in [-0.39, 0.29) is 17.2 Å². The maximum Gasteiger partial charge on any atom is 0.192 e. The maximum atomic E-state index is 8.29. The van der Waals surface area contributed by atoms with Gasteiger partial charge < -0.3 is 9.74 Å². The Balaban J connectivity index is 2.47. The van der Waals surface area contributed by atoms with Gasteiger partial charge in [0.1, 0.15) is 0 Å². The van der Waals surface area contributed by atoms with Gasteiger partial charge in [0.05, 0.1) is 6.10 Å². The number of rotatable bonds is 4. The smallest absolute Gasteiger partial charge is 0.192 e. The molecule has 1 N–H and O–H groups in total. The molecule has 1 aliphatic heterocycles. The standard InChI is InChI=1S/C11H24N4OSi/c1-11(2,3)17(4,5)16-10-6-9(13-8-10)7-14-15-12/h9-10,13H,6-8H2,1-5H3/t9-,10+/m0/s1. The Hall–Kier alpha value is -0.553. The van der Waals surface area contributed by atoms with Crippen LogP contribution in [0.1, 0.15) is 27.2 Å². The summed E-state index contributed by atoms with van der Waals surface area (Å²) < 4.78 is 6.32. The van der Waals surface area contributed by atoms with Crippen molar-refractivity contribution in [3.05, 3.63) is 10.4 Å². The molecule has 1 heterocycles. The number of nitrogens with zero attached hydrogens (tertiary/aromatic N) is 3. The molecule has 0 amide bonds. The first-order valence-corrected chi connectivity index (χ1v) is 9.09. The van der Waals surface area contributed by atoms with Gasteiger partial charge in [0.25, 0.3) is 0 Å². The van der Waals surface area contributed by atoms with E-state index in [4.69, 9.17) is 9.96 Å². The molecule has 17 heavy (non-hydrogen) atoms. The Bertz CT molecular complexity index is 307. The fourth-order valence-electron chi connectivity index (χ4n) is 1.74. The number of azide groups is 1. The second-order valence-electron chi connectivity index (χ2n) is 6.25. The summed E-state index contributed by atoms with van der Waals surface area (Å²) >= 11 is 0. The molecule has 1 rings (SSSR count). The summed E-state index contributed by atoms with van der Waals surface area (Å²) in [7, 11) is -1.67. The topological polar surface area (TPSA) is 70.0 Å². The zero-order chi connectivity index (χ0) is 13.1. The predicted molar refractivity (Wildman–Crippen MR) is 72.5 cm³/mol. The van der Waals surface area contributed by atoms with E-state index >= 15 is 0 Å². The highest BCUT2D eigenvalue weighted by molar-refractivity contribution is 6.74. The first-order chi connectivity index (χ1) is 7.76. The largest absolute Gasteiger partial charge is 0.413 e. The molecule has 0 bridgehead atoms. The molecule has 0 aliphatic carbocycles. The molecule has 1 aliphatic rings. The van der Waals surface area contributed by atoms with Crippen LogP contribution in [0.25, 0.3) is 10.4 Å². The molecule has 0 aromatic rings. The summed E-state index contributed by atoms with van der Waals surface area (Å²) in [6.45, 7) is 12.7. The summed E-state index contributed by atoms with van der Waals surface area (Å²) in [6, 6.07) is 0.278. The Morgan fingerprint density at radius 2 is 2.12 bits per heavy atom. The van der Waals surface area contributed by atoms with Crippen LogP contribution in [-0.4, -0.2) is 33.6 Å². The van der Waals surface area contributed by atoms with Gasteiger partial charge in [0.15, 0.2) is 8.32 Å². The van der Waals surface area contributed by atoms with E-state index in [9.17, 15) is 0 Å². The summed E-state index contributed by atoms with van der Waals surface area (Å²) in [5, 5.41) is 7.20. The number of hydrogen-bond acceptors (Lipinski definition) is 3. The summed E-state index contributed by atoms with van der Waals surface area (Å²) in [4.78, 5) is 2.79. The summed E-state index contributed by atoms with van der Waals surface area (Å²) in [5.74, 6) is 0. The lowest BCUT2D eigenvalue weighted by Crippen LogP contribution is -2.44. The van der Waals surface area contributed by atoms with Crippen LogP contribution in [0.5, 0.6) is 0 Å². The molecule has 0 aromatic heterocycles. The van der Waals surface area contributed by atoms with Crippen molar-refractivity contribution in [2.75, 3.05) is 13.1 Å². The molecule has 0 saturated carbocycles. The lowest BCUT2D eigenvalue weighted by molar-refractivity contribution is 0.197. The first kappa shape index (κ1) is 14.5. The molecule has 1 saturated heterocycles. The SMILES string of the molecule is CC(C)(C)[Si](C)(C)O[C@H]1CN[C@H](CN=[N+]=[N-])C1. The van der Waals surface area contributed by atoms with Crippen LogP contribution >= 0.6 is 0 Å². The second kappa shape index (κ2) is 5.39.